The summed E-state index contributed by atoms with van der Waals surface area (Å²) in [5.74, 6) is 2.06. The highest BCUT2D eigenvalue weighted by atomic mass is 16.3. The molecule has 102 valence electrons. The molecule has 1 atom stereocenters. The second kappa shape index (κ2) is 5.38. The summed E-state index contributed by atoms with van der Waals surface area (Å²) in [5.41, 5.74) is 2.28. The first-order valence-electron chi connectivity index (χ1n) is 7.47. The zero-order valence-corrected chi connectivity index (χ0v) is 11.9. The summed E-state index contributed by atoms with van der Waals surface area (Å²) in [5, 5.41) is 4.85. The number of para-hydroxylation sites is 1. The molecule has 1 aliphatic carbocycles. The van der Waals surface area contributed by atoms with E-state index < -0.39 is 0 Å². The van der Waals surface area contributed by atoms with Gasteiger partial charge in [0.05, 0.1) is 6.04 Å². The fourth-order valence-electron chi connectivity index (χ4n) is 2.98. The van der Waals surface area contributed by atoms with Gasteiger partial charge < -0.3 is 9.73 Å². The van der Waals surface area contributed by atoms with Gasteiger partial charge in [0.25, 0.3) is 0 Å². The summed E-state index contributed by atoms with van der Waals surface area (Å²) in [7, 11) is 0. The van der Waals surface area contributed by atoms with Crippen LogP contribution in [-0.2, 0) is 0 Å². The van der Waals surface area contributed by atoms with Crippen molar-refractivity contribution in [2.24, 2.45) is 5.92 Å². The van der Waals surface area contributed by atoms with Crippen molar-refractivity contribution in [2.45, 2.75) is 45.6 Å². The normalized spacial score (nSPS) is 17.6. The van der Waals surface area contributed by atoms with Crippen LogP contribution in [0.3, 0.4) is 0 Å². The summed E-state index contributed by atoms with van der Waals surface area (Å²) in [4.78, 5) is 0. The van der Waals surface area contributed by atoms with E-state index >= 15 is 0 Å². The Morgan fingerprint density at radius 2 is 2.11 bits per heavy atom. The standard InChI is InChI=1S/C17H23NO/c1-12-15-8-3-4-9-16(15)19-17(12)13(2)18-11-10-14-6-5-7-14/h3-4,8-9,13-14,18H,5-7,10-11H2,1-2H3. The van der Waals surface area contributed by atoms with Crippen molar-refractivity contribution in [3.63, 3.8) is 0 Å². The highest BCUT2D eigenvalue weighted by Crippen LogP contribution is 2.31. The van der Waals surface area contributed by atoms with E-state index in [9.17, 15) is 0 Å². The summed E-state index contributed by atoms with van der Waals surface area (Å²) in [6.07, 6.45) is 5.60. The van der Waals surface area contributed by atoms with Gasteiger partial charge >= 0.3 is 0 Å². The van der Waals surface area contributed by atoms with Gasteiger partial charge in [-0.15, -0.1) is 0 Å². The maximum Gasteiger partial charge on any atom is 0.134 e. The van der Waals surface area contributed by atoms with Crippen LogP contribution >= 0.6 is 0 Å². The molecule has 0 bridgehead atoms. The Hall–Kier alpha value is -1.28. The van der Waals surface area contributed by atoms with Crippen molar-refractivity contribution >= 4 is 11.0 Å². The number of rotatable bonds is 5. The van der Waals surface area contributed by atoms with E-state index in [1.165, 1.54) is 36.6 Å². The van der Waals surface area contributed by atoms with Crippen molar-refractivity contribution in [3.8, 4) is 0 Å². The molecular weight excluding hydrogens is 234 g/mol. The van der Waals surface area contributed by atoms with Crippen LogP contribution in [0.1, 0.15) is 50.0 Å². The summed E-state index contributed by atoms with van der Waals surface area (Å²) < 4.78 is 6.00. The van der Waals surface area contributed by atoms with Crippen LogP contribution < -0.4 is 5.32 Å². The highest BCUT2D eigenvalue weighted by molar-refractivity contribution is 5.82. The third-order valence-electron chi connectivity index (χ3n) is 4.50. The molecule has 1 fully saturated rings. The minimum absolute atomic E-state index is 0.299. The van der Waals surface area contributed by atoms with Crippen LogP contribution in [0.2, 0.25) is 0 Å². The average molecular weight is 257 g/mol. The number of benzene rings is 1. The lowest BCUT2D eigenvalue weighted by atomic mass is 9.83. The molecule has 0 spiro atoms. The van der Waals surface area contributed by atoms with Crippen molar-refractivity contribution in [3.05, 3.63) is 35.6 Å². The second-order valence-corrected chi connectivity index (χ2v) is 5.85. The third kappa shape index (κ3) is 2.55. The van der Waals surface area contributed by atoms with Crippen molar-refractivity contribution in [1.82, 2.24) is 5.32 Å². The largest absolute Gasteiger partial charge is 0.459 e. The Morgan fingerprint density at radius 3 is 2.79 bits per heavy atom. The van der Waals surface area contributed by atoms with Gasteiger partial charge in [-0.25, -0.2) is 0 Å². The Bertz CT molecular complexity index is 553. The van der Waals surface area contributed by atoms with Gasteiger partial charge in [-0.1, -0.05) is 37.5 Å². The quantitative estimate of drug-likeness (QED) is 0.848. The van der Waals surface area contributed by atoms with Gasteiger partial charge in [0.15, 0.2) is 0 Å². The van der Waals surface area contributed by atoms with Crippen LogP contribution in [0.15, 0.2) is 28.7 Å². The predicted molar refractivity (Wildman–Crippen MR) is 79.3 cm³/mol. The Morgan fingerprint density at radius 1 is 1.32 bits per heavy atom. The van der Waals surface area contributed by atoms with Gasteiger partial charge in [-0.05, 0) is 44.4 Å². The van der Waals surface area contributed by atoms with E-state index in [-0.39, 0.29) is 0 Å². The molecule has 0 saturated heterocycles. The molecular formula is C17H23NO. The second-order valence-electron chi connectivity index (χ2n) is 5.85. The average Bonchev–Trinajstić information content (AvgIpc) is 2.70. The van der Waals surface area contributed by atoms with E-state index in [2.05, 4.69) is 31.3 Å². The van der Waals surface area contributed by atoms with E-state index in [1.807, 2.05) is 12.1 Å². The summed E-state index contributed by atoms with van der Waals surface area (Å²) >= 11 is 0. The van der Waals surface area contributed by atoms with E-state index in [1.54, 1.807) is 0 Å². The molecule has 0 radical (unpaired) electrons. The highest BCUT2D eigenvalue weighted by Gasteiger charge is 2.19. The molecule has 1 aromatic heterocycles. The first-order chi connectivity index (χ1) is 9.25. The molecule has 3 rings (SSSR count). The summed E-state index contributed by atoms with van der Waals surface area (Å²) in [6.45, 7) is 5.46. The van der Waals surface area contributed by atoms with Crippen molar-refractivity contribution < 1.29 is 4.42 Å². The Labute approximate surface area is 115 Å². The fourth-order valence-corrected chi connectivity index (χ4v) is 2.98. The molecule has 1 N–H and O–H groups in total. The van der Waals surface area contributed by atoms with E-state index in [0.29, 0.717) is 6.04 Å². The number of furan rings is 1. The lowest BCUT2D eigenvalue weighted by Crippen LogP contribution is -2.24. The molecule has 1 saturated carbocycles. The molecule has 1 aromatic carbocycles. The topological polar surface area (TPSA) is 25.2 Å². The van der Waals surface area contributed by atoms with Crippen LogP contribution in [-0.4, -0.2) is 6.54 Å². The van der Waals surface area contributed by atoms with Gasteiger partial charge in [0, 0.05) is 5.39 Å². The van der Waals surface area contributed by atoms with Crippen LogP contribution in [0.25, 0.3) is 11.0 Å². The van der Waals surface area contributed by atoms with Gasteiger partial charge in [0.1, 0.15) is 11.3 Å². The smallest absolute Gasteiger partial charge is 0.134 e. The lowest BCUT2D eigenvalue weighted by molar-refractivity contribution is 0.286. The molecule has 1 unspecified atom stereocenters. The molecule has 2 aromatic rings. The third-order valence-corrected chi connectivity index (χ3v) is 4.50. The van der Waals surface area contributed by atoms with E-state index in [0.717, 1.165) is 23.8 Å². The number of hydrogen-bond acceptors (Lipinski definition) is 2. The monoisotopic (exact) mass is 257 g/mol. The minimum Gasteiger partial charge on any atom is -0.459 e. The number of aryl methyl sites for hydroxylation is 1. The van der Waals surface area contributed by atoms with Gasteiger partial charge in [-0.2, -0.15) is 0 Å². The maximum atomic E-state index is 6.00. The maximum absolute atomic E-state index is 6.00. The first kappa shape index (κ1) is 12.7. The van der Waals surface area contributed by atoms with Crippen LogP contribution in [0.4, 0.5) is 0 Å². The van der Waals surface area contributed by atoms with Gasteiger partial charge in [-0.3, -0.25) is 0 Å². The number of fused-ring (bicyclic) bond motifs is 1. The molecule has 0 aliphatic heterocycles. The Balaban J connectivity index is 1.66. The van der Waals surface area contributed by atoms with Gasteiger partial charge in [0.2, 0.25) is 0 Å². The fraction of sp³-hybridized carbons (Fsp3) is 0.529. The SMILES string of the molecule is Cc1c(C(C)NCCC2CCC2)oc2ccccc12. The zero-order chi connectivity index (χ0) is 13.2. The first-order valence-corrected chi connectivity index (χ1v) is 7.47. The van der Waals surface area contributed by atoms with Crippen molar-refractivity contribution in [1.29, 1.82) is 0 Å². The zero-order valence-electron chi connectivity index (χ0n) is 11.9. The lowest BCUT2D eigenvalue weighted by Gasteiger charge is -2.25. The Kier molecular flexibility index (Phi) is 3.61. The number of nitrogens with one attached hydrogen (secondary N) is 1. The number of hydrogen-bond donors (Lipinski definition) is 1. The summed E-state index contributed by atoms with van der Waals surface area (Å²) in [6, 6.07) is 8.59. The minimum atomic E-state index is 0.299. The van der Waals surface area contributed by atoms with Crippen molar-refractivity contribution in [2.75, 3.05) is 6.54 Å². The molecule has 19 heavy (non-hydrogen) atoms. The van der Waals surface area contributed by atoms with Crippen LogP contribution in [0, 0.1) is 12.8 Å². The molecule has 1 aliphatic rings. The predicted octanol–water partition coefficient (Wildman–Crippen LogP) is 4.58. The molecule has 1 heterocycles. The van der Waals surface area contributed by atoms with E-state index in [4.69, 9.17) is 4.42 Å². The molecule has 0 amide bonds. The molecule has 2 heteroatoms. The van der Waals surface area contributed by atoms with Crippen LogP contribution in [0.5, 0.6) is 0 Å². The molecule has 2 nitrogen and oxygen atoms in total.